The lowest BCUT2D eigenvalue weighted by Crippen LogP contribution is -2.42. The number of likely N-dealkylation sites (tertiary alicyclic amines) is 1. The molecule has 33 heavy (non-hydrogen) atoms. The highest BCUT2D eigenvalue weighted by atomic mass is 16.5. The fraction of sp³-hybridized carbons (Fsp3) is 0.385. The van der Waals surface area contributed by atoms with Crippen LogP contribution < -0.4 is 4.74 Å². The second kappa shape index (κ2) is 10.2. The second-order valence-electron chi connectivity index (χ2n) is 8.55. The van der Waals surface area contributed by atoms with Crippen LogP contribution in [0.5, 0.6) is 5.75 Å². The average molecular weight is 451 g/mol. The minimum absolute atomic E-state index is 0.0271. The Morgan fingerprint density at radius 1 is 1.03 bits per heavy atom. The summed E-state index contributed by atoms with van der Waals surface area (Å²) in [5.74, 6) is -0.747. The van der Waals surface area contributed by atoms with Crippen molar-refractivity contribution in [1.29, 1.82) is 0 Å². The third-order valence-corrected chi connectivity index (χ3v) is 5.92. The lowest BCUT2D eigenvalue weighted by Gasteiger charge is -2.31. The number of ether oxygens (including phenoxy) is 2. The number of ketones is 1. The molecular formula is C26H30N2O5. The molecule has 2 saturated heterocycles. The normalized spacial score (nSPS) is 21.1. The Hall–Kier alpha value is -3.16. The predicted molar refractivity (Wildman–Crippen MR) is 125 cm³/mol. The van der Waals surface area contributed by atoms with Gasteiger partial charge in [0, 0.05) is 31.7 Å². The van der Waals surface area contributed by atoms with Crippen LogP contribution in [0.25, 0.3) is 5.76 Å². The molecule has 1 amide bonds. The fourth-order valence-corrected chi connectivity index (χ4v) is 4.29. The topological polar surface area (TPSA) is 79.3 Å². The summed E-state index contributed by atoms with van der Waals surface area (Å²) in [4.78, 5) is 30.0. The van der Waals surface area contributed by atoms with E-state index in [1.54, 1.807) is 29.2 Å². The van der Waals surface area contributed by atoms with Crippen molar-refractivity contribution in [3.63, 3.8) is 0 Å². The van der Waals surface area contributed by atoms with Crippen LogP contribution in [-0.2, 0) is 14.3 Å². The predicted octanol–water partition coefficient (Wildman–Crippen LogP) is 3.23. The summed E-state index contributed by atoms with van der Waals surface area (Å²) in [6, 6.07) is 15.7. The van der Waals surface area contributed by atoms with Crippen LogP contribution in [0, 0.1) is 0 Å². The molecule has 0 spiro atoms. The van der Waals surface area contributed by atoms with E-state index in [-0.39, 0.29) is 17.4 Å². The molecule has 1 atom stereocenters. The molecule has 0 saturated carbocycles. The molecule has 0 bridgehead atoms. The number of hydrogen-bond acceptors (Lipinski definition) is 6. The SMILES string of the molecule is CC(C)Oc1ccc(/C(O)=C2\C(=O)C(=O)N(CCN3CCOCC3)[C@H]2c2ccccc2)cc1. The molecule has 1 N–H and O–H groups in total. The number of carbonyl (C=O) groups excluding carboxylic acids is 2. The Morgan fingerprint density at radius 2 is 1.70 bits per heavy atom. The van der Waals surface area contributed by atoms with Gasteiger partial charge in [0.25, 0.3) is 11.7 Å². The number of benzene rings is 2. The smallest absolute Gasteiger partial charge is 0.295 e. The minimum atomic E-state index is -0.661. The lowest BCUT2D eigenvalue weighted by molar-refractivity contribution is -0.140. The van der Waals surface area contributed by atoms with Crippen molar-refractivity contribution in [2.24, 2.45) is 0 Å². The van der Waals surface area contributed by atoms with Gasteiger partial charge in [-0.2, -0.15) is 0 Å². The van der Waals surface area contributed by atoms with Crippen molar-refractivity contribution in [3.8, 4) is 5.75 Å². The van der Waals surface area contributed by atoms with Crippen molar-refractivity contribution in [2.75, 3.05) is 39.4 Å². The summed E-state index contributed by atoms with van der Waals surface area (Å²) >= 11 is 0. The van der Waals surface area contributed by atoms with E-state index in [4.69, 9.17) is 9.47 Å². The van der Waals surface area contributed by atoms with Gasteiger partial charge in [-0.25, -0.2) is 0 Å². The number of aliphatic hydroxyl groups is 1. The van der Waals surface area contributed by atoms with Crippen molar-refractivity contribution in [2.45, 2.75) is 26.0 Å². The maximum Gasteiger partial charge on any atom is 0.295 e. The summed E-state index contributed by atoms with van der Waals surface area (Å²) < 4.78 is 11.1. The number of morpholine rings is 1. The van der Waals surface area contributed by atoms with Crippen molar-refractivity contribution in [3.05, 3.63) is 71.3 Å². The van der Waals surface area contributed by atoms with Gasteiger partial charge in [-0.15, -0.1) is 0 Å². The number of aliphatic hydroxyl groups excluding tert-OH is 1. The molecule has 7 heteroatoms. The first-order valence-electron chi connectivity index (χ1n) is 11.4. The Kier molecular flexibility index (Phi) is 7.11. The van der Waals surface area contributed by atoms with Crippen molar-refractivity contribution < 1.29 is 24.2 Å². The number of carbonyl (C=O) groups is 2. The van der Waals surface area contributed by atoms with Crippen LogP contribution in [0.1, 0.15) is 31.0 Å². The van der Waals surface area contributed by atoms with Crippen LogP contribution in [0.2, 0.25) is 0 Å². The second-order valence-corrected chi connectivity index (χ2v) is 8.55. The largest absolute Gasteiger partial charge is 0.507 e. The van der Waals surface area contributed by atoms with Crippen LogP contribution in [0.4, 0.5) is 0 Å². The van der Waals surface area contributed by atoms with E-state index in [9.17, 15) is 14.7 Å². The van der Waals surface area contributed by atoms with Gasteiger partial charge in [0.15, 0.2) is 0 Å². The Balaban J connectivity index is 1.67. The zero-order valence-electron chi connectivity index (χ0n) is 19.1. The van der Waals surface area contributed by atoms with Gasteiger partial charge in [-0.1, -0.05) is 30.3 Å². The number of Topliss-reactive ketones (excluding diaryl/α,β-unsaturated/α-hetero) is 1. The first kappa shape index (κ1) is 23.0. The number of amides is 1. The molecule has 0 unspecified atom stereocenters. The molecule has 2 fully saturated rings. The maximum atomic E-state index is 13.1. The summed E-state index contributed by atoms with van der Waals surface area (Å²) in [6.45, 7) is 7.83. The summed E-state index contributed by atoms with van der Waals surface area (Å²) in [7, 11) is 0. The minimum Gasteiger partial charge on any atom is -0.507 e. The van der Waals surface area contributed by atoms with Crippen LogP contribution in [0.15, 0.2) is 60.2 Å². The summed E-state index contributed by atoms with van der Waals surface area (Å²) in [5, 5.41) is 11.2. The number of rotatable bonds is 7. The quantitative estimate of drug-likeness (QED) is 0.396. The molecule has 2 aliphatic heterocycles. The van der Waals surface area contributed by atoms with Gasteiger partial charge < -0.3 is 19.5 Å². The Labute approximate surface area is 194 Å². The van der Waals surface area contributed by atoms with Gasteiger partial charge in [-0.05, 0) is 43.7 Å². The summed E-state index contributed by atoms with van der Waals surface area (Å²) in [5.41, 5.74) is 1.38. The van der Waals surface area contributed by atoms with E-state index in [2.05, 4.69) is 4.90 Å². The molecule has 2 aromatic carbocycles. The van der Waals surface area contributed by atoms with Gasteiger partial charge in [0.2, 0.25) is 0 Å². The molecule has 174 valence electrons. The standard InChI is InChI=1S/C26H30N2O5/c1-18(2)33-21-10-8-20(9-11-21)24(29)22-23(19-6-4-3-5-7-19)28(26(31)25(22)30)13-12-27-14-16-32-17-15-27/h3-11,18,23,29H,12-17H2,1-2H3/b24-22+/t23-/m0/s1. The van der Waals surface area contributed by atoms with E-state index in [0.29, 0.717) is 37.6 Å². The number of nitrogens with zero attached hydrogens (tertiary/aromatic N) is 2. The molecule has 7 nitrogen and oxygen atoms in total. The van der Waals surface area contributed by atoms with Crippen molar-refractivity contribution in [1.82, 2.24) is 9.80 Å². The first-order valence-corrected chi connectivity index (χ1v) is 11.4. The molecule has 0 radical (unpaired) electrons. The van der Waals surface area contributed by atoms with Gasteiger partial charge >= 0.3 is 0 Å². The molecule has 0 aromatic heterocycles. The highest BCUT2D eigenvalue weighted by molar-refractivity contribution is 6.46. The van der Waals surface area contributed by atoms with Crippen LogP contribution in [0.3, 0.4) is 0 Å². The number of hydrogen-bond donors (Lipinski definition) is 1. The highest BCUT2D eigenvalue weighted by Crippen LogP contribution is 2.39. The zero-order valence-corrected chi connectivity index (χ0v) is 19.1. The maximum absolute atomic E-state index is 13.1. The summed E-state index contributed by atoms with van der Waals surface area (Å²) in [6.07, 6.45) is 0.0271. The van der Waals surface area contributed by atoms with E-state index < -0.39 is 17.7 Å². The van der Waals surface area contributed by atoms with E-state index >= 15 is 0 Å². The van der Waals surface area contributed by atoms with Gasteiger partial charge in [0.05, 0.1) is 30.9 Å². The van der Waals surface area contributed by atoms with Crippen LogP contribution in [-0.4, -0.2) is 72.1 Å². The van der Waals surface area contributed by atoms with Crippen molar-refractivity contribution >= 4 is 17.4 Å². The fourth-order valence-electron chi connectivity index (χ4n) is 4.29. The molecule has 2 heterocycles. The Morgan fingerprint density at radius 3 is 2.33 bits per heavy atom. The van der Waals surface area contributed by atoms with Crippen LogP contribution >= 0.6 is 0 Å². The zero-order chi connectivity index (χ0) is 23.4. The molecular weight excluding hydrogens is 420 g/mol. The van der Waals surface area contributed by atoms with Gasteiger partial charge in [0.1, 0.15) is 11.5 Å². The highest BCUT2D eigenvalue weighted by Gasteiger charge is 2.45. The third-order valence-electron chi connectivity index (χ3n) is 5.92. The van der Waals surface area contributed by atoms with Gasteiger partial charge in [-0.3, -0.25) is 14.5 Å². The van der Waals surface area contributed by atoms with E-state index in [1.165, 1.54) is 0 Å². The monoisotopic (exact) mass is 450 g/mol. The molecule has 2 aliphatic rings. The average Bonchev–Trinajstić information content (AvgIpc) is 3.08. The Bertz CT molecular complexity index is 1010. The third kappa shape index (κ3) is 5.10. The van der Waals surface area contributed by atoms with E-state index in [0.717, 1.165) is 18.7 Å². The molecule has 0 aliphatic carbocycles. The van der Waals surface area contributed by atoms with E-state index in [1.807, 2.05) is 44.2 Å². The lowest BCUT2D eigenvalue weighted by atomic mass is 9.95. The first-order chi connectivity index (χ1) is 16.0. The molecule has 4 rings (SSSR count). The molecule has 2 aromatic rings.